The average Bonchev–Trinajstić information content (AvgIpc) is 3.19. The fraction of sp³-hybridized carbons (Fsp3) is 0.235. The Morgan fingerprint density at radius 3 is 2.81 bits per heavy atom. The lowest BCUT2D eigenvalue weighted by Gasteiger charge is -2.02. The third-order valence-electron chi connectivity index (χ3n) is 3.76. The number of hydrogen-bond acceptors (Lipinski definition) is 5. The number of sulfone groups is 1. The van der Waals surface area contributed by atoms with Crippen molar-refractivity contribution < 1.29 is 13.2 Å². The second-order valence-electron chi connectivity index (χ2n) is 5.53. The normalized spacial score (nSPS) is 12.4. The zero-order chi connectivity index (χ0) is 18.9. The molecule has 0 saturated heterocycles. The van der Waals surface area contributed by atoms with Crippen molar-refractivity contribution in [3.05, 3.63) is 41.0 Å². The first-order valence-electron chi connectivity index (χ1n) is 7.73. The lowest BCUT2D eigenvalue weighted by Crippen LogP contribution is -2.18. The summed E-state index contributed by atoms with van der Waals surface area (Å²) < 4.78 is 27.5. The summed E-state index contributed by atoms with van der Waals surface area (Å²) in [6.07, 6.45) is 8.14. The summed E-state index contributed by atoms with van der Waals surface area (Å²) in [5, 5.41) is 4.07. The van der Waals surface area contributed by atoms with Gasteiger partial charge in [0.2, 0.25) is 0 Å². The van der Waals surface area contributed by atoms with Crippen LogP contribution in [0.15, 0.2) is 40.4 Å². The Morgan fingerprint density at radius 1 is 1.38 bits per heavy atom. The molecule has 0 aliphatic rings. The van der Waals surface area contributed by atoms with Gasteiger partial charge < -0.3 is 4.57 Å². The summed E-state index contributed by atoms with van der Waals surface area (Å²) in [7, 11) is -3.33. The molecule has 3 rings (SSSR count). The Hall–Kier alpha value is -2.70. The van der Waals surface area contributed by atoms with E-state index in [1.165, 1.54) is 17.4 Å². The maximum Gasteiger partial charge on any atom is 0.297 e. The SMILES string of the molecule is C#CCn1c(=NC(=O)c2ccnn2CC)sc2cc(S(C)(=O)=O)ccc21. The van der Waals surface area contributed by atoms with E-state index in [4.69, 9.17) is 6.42 Å². The summed E-state index contributed by atoms with van der Waals surface area (Å²) in [5.74, 6) is 2.11. The van der Waals surface area contributed by atoms with Gasteiger partial charge in [0.1, 0.15) is 5.69 Å². The van der Waals surface area contributed by atoms with Gasteiger partial charge in [-0.2, -0.15) is 10.1 Å². The van der Waals surface area contributed by atoms with Crippen molar-refractivity contribution >= 4 is 37.3 Å². The molecule has 0 spiro atoms. The van der Waals surface area contributed by atoms with Gasteiger partial charge in [0.15, 0.2) is 14.6 Å². The van der Waals surface area contributed by atoms with E-state index in [2.05, 4.69) is 16.0 Å². The summed E-state index contributed by atoms with van der Waals surface area (Å²) in [4.78, 5) is 17.4. The standard InChI is InChI=1S/C17H16N4O3S2/c1-4-10-20-13-7-6-12(26(3,23)24)11-15(13)25-17(20)19-16(22)14-8-9-18-21(14)5-2/h1,6-9,11H,5,10H2,2-3H3. The van der Waals surface area contributed by atoms with Crippen molar-refractivity contribution in [3.8, 4) is 12.3 Å². The molecule has 0 saturated carbocycles. The third kappa shape index (κ3) is 3.34. The topological polar surface area (TPSA) is 86.3 Å². The Labute approximate surface area is 154 Å². The number of terminal acetylenes is 1. The second kappa shape index (κ2) is 6.90. The van der Waals surface area contributed by atoms with E-state index in [-0.39, 0.29) is 11.4 Å². The predicted octanol–water partition coefficient (Wildman–Crippen LogP) is 1.70. The Bertz CT molecular complexity index is 1210. The van der Waals surface area contributed by atoms with Crippen LogP contribution >= 0.6 is 11.3 Å². The summed E-state index contributed by atoms with van der Waals surface area (Å²) >= 11 is 1.22. The second-order valence-corrected chi connectivity index (χ2v) is 8.55. The molecular formula is C17H16N4O3S2. The van der Waals surface area contributed by atoms with Crippen LogP contribution in [0.5, 0.6) is 0 Å². The molecule has 2 heterocycles. The first-order chi connectivity index (χ1) is 12.3. The molecule has 2 aromatic heterocycles. The molecule has 3 aromatic rings. The van der Waals surface area contributed by atoms with Crippen LogP contribution in [0, 0.1) is 12.3 Å². The summed E-state index contributed by atoms with van der Waals surface area (Å²) in [6, 6.07) is 6.38. The average molecular weight is 388 g/mol. The van der Waals surface area contributed by atoms with E-state index in [1.54, 1.807) is 33.6 Å². The van der Waals surface area contributed by atoms with E-state index in [0.29, 0.717) is 21.7 Å². The number of rotatable bonds is 4. The quantitative estimate of drug-likeness (QED) is 0.637. The predicted molar refractivity (Wildman–Crippen MR) is 99.6 cm³/mol. The first kappa shape index (κ1) is 18.1. The molecule has 0 atom stereocenters. The number of aromatic nitrogens is 3. The maximum atomic E-state index is 12.5. The van der Waals surface area contributed by atoms with Crippen molar-refractivity contribution in [1.82, 2.24) is 14.3 Å². The minimum Gasteiger partial charge on any atom is -0.305 e. The van der Waals surface area contributed by atoms with Crippen molar-refractivity contribution in [3.63, 3.8) is 0 Å². The van der Waals surface area contributed by atoms with Gasteiger partial charge in [0.25, 0.3) is 5.91 Å². The number of carbonyl (C=O) groups excluding carboxylic acids is 1. The zero-order valence-electron chi connectivity index (χ0n) is 14.2. The van der Waals surface area contributed by atoms with Crippen molar-refractivity contribution in [2.75, 3.05) is 6.26 Å². The summed E-state index contributed by atoms with van der Waals surface area (Å²) in [5.41, 5.74) is 1.12. The number of aryl methyl sites for hydroxylation is 1. The highest BCUT2D eigenvalue weighted by atomic mass is 32.2. The van der Waals surface area contributed by atoms with Gasteiger partial charge in [-0.05, 0) is 31.2 Å². The van der Waals surface area contributed by atoms with Gasteiger partial charge in [0.05, 0.1) is 21.7 Å². The molecule has 0 fully saturated rings. The fourth-order valence-corrected chi connectivity index (χ4v) is 4.31. The Morgan fingerprint density at radius 2 is 2.15 bits per heavy atom. The lowest BCUT2D eigenvalue weighted by molar-refractivity contribution is 0.0987. The number of fused-ring (bicyclic) bond motifs is 1. The van der Waals surface area contributed by atoms with Crippen molar-refractivity contribution in [2.45, 2.75) is 24.9 Å². The number of thiazole rings is 1. The molecular weight excluding hydrogens is 372 g/mol. The largest absolute Gasteiger partial charge is 0.305 e. The smallest absolute Gasteiger partial charge is 0.297 e. The number of hydrogen-bond donors (Lipinski definition) is 0. The maximum absolute atomic E-state index is 12.5. The van der Waals surface area contributed by atoms with Crippen LogP contribution in [-0.2, 0) is 22.9 Å². The molecule has 134 valence electrons. The molecule has 0 radical (unpaired) electrons. The van der Waals surface area contributed by atoms with E-state index in [1.807, 2.05) is 6.92 Å². The highest BCUT2D eigenvalue weighted by molar-refractivity contribution is 7.90. The molecule has 7 nitrogen and oxygen atoms in total. The third-order valence-corrected chi connectivity index (χ3v) is 5.92. The first-order valence-corrected chi connectivity index (χ1v) is 10.4. The molecule has 0 N–H and O–H groups in total. The molecule has 9 heteroatoms. The number of amides is 1. The van der Waals surface area contributed by atoms with E-state index < -0.39 is 15.7 Å². The van der Waals surface area contributed by atoms with Crippen LogP contribution in [0.2, 0.25) is 0 Å². The van der Waals surface area contributed by atoms with Crippen LogP contribution in [0.1, 0.15) is 17.4 Å². The number of nitrogens with zero attached hydrogens (tertiary/aromatic N) is 4. The molecule has 0 bridgehead atoms. The number of carbonyl (C=O) groups is 1. The molecule has 0 aliphatic heterocycles. The van der Waals surface area contributed by atoms with E-state index in [9.17, 15) is 13.2 Å². The highest BCUT2D eigenvalue weighted by Gasteiger charge is 2.14. The minimum atomic E-state index is -3.33. The monoisotopic (exact) mass is 388 g/mol. The Kier molecular flexibility index (Phi) is 4.80. The van der Waals surface area contributed by atoms with E-state index in [0.717, 1.165) is 11.8 Å². The van der Waals surface area contributed by atoms with Crippen LogP contribution in [0.4, 0.5) is 0 Å². The van der Waals surface area contributed by atoms with E-state index >= 15 is 0 Å². The van der Waals surface area contributed by atoms with Gasteiger partial charge in [-0.25, -0.2) is 8.42 Å². The highest BCUT2D eigenvalue weighted by Crippen LogP contribution is 2.22. The van der Waals surface area contributed by atoms with Gasteiger partial charge in [0, 0.05) is 19.0 Å². The van der Waals surface area contributed by atoms with Crippen LogP contribution < -0.4 is 4.80 Å². The molecule has 26 heavy (non-hydrogen) atoms. The van der Waals surface area contributed by atoms with Gasteiger partial charge in [-0.1, -0.05) is 17.3 Å². The van der Waals surface area contributed by atoms with Crippen LogP contribution in [0.25, 0.3) is 10.2 Å². The van der Waals surface area contributed by atoms with Crippen molar-refractivity contribution in [2.24, 2.45) is 4.99 Å². The molecule has 0 unspecified atom stereocenters. The van der Waals surface area contributed by atoms with Crippen LogP contribution in [-0.4, -0.2) is 34.9 Å². The number of benzene rings is 1. The minimum absolute atomic E-state index is 0.209. The molecule has 1 aromatic carbocycles. The van der Waals surface area contributed by atoms with Gasteiger partial charge >= 0.3 is 0 Å². The van der Waals surface area contributed by atoms with Crippen molar-refractivity contribution in [1.29, 1.82) is 0 Å². The fourth-order valence-electron chi connectivity index (χ4n) is 2.52. The zero-order valence-corrected chi connectivity index (χ0v) is 15.8. The summed E-state index contributed by atoms with van der Waals surface area (Å²) in [6.45, 7) is 2.66. The molecule has 1 amide bonds. The lowest BCUT2D eigenvalue weighted by atomic mass is 10.3. The van der Waals surface area contributed by atoms with Crippen LogP contribution in [0.3, 0.4) is 0 Å². The van der Waals surface area contributed by atoms with Gasteiger partial charge in [-0.15, -0.1) is 6.42 Å². The van der Waals surface area contributed by atoms with Gasteiger partial charge in [-0.3, -0.25) is 9.48 Å². The Balaban J connectivity index is 2.20. The molecule has 0 aliphatic carbocycles.